The van der Waals surface area contributed by atoms with Crippen LogP contribution in [0.5, 0.6) is 0 Å². The van der Waals surface area contributed by atoms with Crippen molar-refractivity contribution in [3.63, 3.8) is 0 Å². The molecule has 2 saturated heterocycles. The quantitative estimate of drug-likeness (QED) is 0.880. The second-order valence-corrected chi connectivity index (χ2v) is 6.39. The number of halogens is 3. The summed E-state index contributed by atoms with van der Waals surface area (Å²) in [6, 6.07) is 5.06. The number of hydrogen-bond acceptors (Lipinski definition) is 3. The molecule has 2 N–H and O–H groups in total. The number of rotatable bonds is 3. The second kappa shape index (κ2) is 7.16. The van der Waals surface area contributed by atoms with Crippen molar-refractivity contribution in [2.45, 2.75) is 0 Å². The average Bonchev–Trinajstić information content (AvgIpc) is 2.94. The molecular weight excluding hydrogens is 333 g/mol. The van der Waals surface area contributed by atoms with E-state index in [0.717, 1.165) is 26.2 Å². The predicted octanol–water partition coefficient (Wildman–Crippen LogP) is 2.50. The van der Waals surface area contributed by atoms with Crippen molar-refractivity contribution in [3.8, 4) is 0 Å². The van der Waals surface area contributed by atoms with E-state index in [9.17, 15) is 4.79 Å². The summed E-state index contributed by atoms with van der Waals surface area (Å²) in [5.41, 5.74) is 0.574. The molecule has 1 amide bonds. The SMILES string of the molecule is Cl.O=C(CN1C[C@H]2CNC[C@H]2C1)Nc1cc(Cl)ccc1Cl. The van der Waals surface area contributed by atoms with E-state index < -0.39 is 0 Å². The van der Waals surface area contributed by atoms with Crippen LogP contribution in [0.2, 0.25) is 10.0 Å². The highest BCUT2D eigenvalue weighted by Crippen LogP contribution is 2.27. The molecule has 0 radical (unpaired) electrons. The Morgan fingerprint density at radius 2 is 1.95 bits per heavy atom. The van der Waals surface area contributed by atoms with Gasteiger partial charge in [0.05, 0.1) is 17.3 Å². The van der Waals surface area contributed by atoms with Gasteiger partial charge in [0.25, 0.3) is 0 Å². The minimum atomic E-state index is -0.0397. The van der Waals surface area contributed by atoms with E-state index in [4.69, 9.17) is 23.2 Å². The summed E-state index contributed by atoms with van der Waals surface area (Å²) in [4.78, 5) is 14.3. The maximum atomic E-state index is 12.1. The third-order valence-corrected chi connectivity index (χ3v) is 4.60. The first-order chi connectivity index (χ1) is 9.61. The summed E-state index contributed by atoms with van der Waals surface area (Å²) in [5.74, 6) is 1.34. The highest BCUT2D eigenvalue weighted by atomic mass is 35.5. The molecule has 21 heavy (non-hydrogen) atoms. The number of carbonyl (C=O) groups is 1. The number of likely N-dealkylation sites (tertiary alicyclic amines) is 1. The van der Waals surface area contributed by atoms with Gasteiger partial charge in [0.15, 0.2) is 0 Å². The lowest BCUT2D eigenvalue weighted by Crippen LogP contribution is -2.33. The van der Waals surface area contributed by atoms with Gasteiger partial charge in [-0.2, -0.15) is 0 Å². The van der Waals surface area contributed by atoms with Crippen molar-refractivity contribution >= 4 is 47.2 Å². The van der Waals surface area contributed by atoms with E-state index >= 15 is 0 Å². The predicted molar refractivity (Wildman–Crippen MR) is 88.6 cm³/mol. The Morgan fingerprint density at radius 3 is 2.62 bits per heavy atom. The van der Waals surface area contributed by atoms with Crippen LogP contribution in [-0.4, -0.2) is 43.5 Å². The molecule has 0 aliphatic carbocycles. The molecule has 2 fully saturated rings. The maximum Gasteiger partial charge on any atom is 0.238 e. The molecule has 7 heteroatoms. The summed E-state index contributed by atoms with van der Waals surface area (Å²) >= 11 is 11.9. The van der Waals surface area contributed by atoms with Gasteiger partial charge in [-0.1, -0.05) is 23.2 Å². The standard InChI is InChI=1S/C14H17Cl2N3O.ClH/c15-11-1-2-12(16)13(3-11)18-14(20)8-19-6-9-4-17-5-10(9)7-19;/h1-3,9-10,17H,4-8H2,(H,18,20);1H/t9-,10+;. The number of benzene rings is 1. The number of nitrogens with zero attached hydrogens (tertiary/aromatic N) is 1. The van der Waals surface area contributed by atoms with Crippen LogP contribution >= 0.6 is 35.6 Å². The van der Waals surface area contributed by atoms with E-state index in [1.54, 1.807) is 18.2 Å². The largest absolute Gasteiger partial charge is 0.324 e. The van der Waals surface area contributed by atoms with Crippen LogP contribution in [0.4, 0.5) is 5.69 Å². The summed E-state index contributed by atoms with van der Waals surface area (Å²) in [5, 5.41) is 7.29. The smallest absolute Gasteiger partial charge is 0.238 e. The third-order valence-electron chi connectivity index (χ3n) is 4.03. The second-order valence-electron chi connectivity index (χ2n) is 5.54. The molecule has 2 heterocycles. The van der Waals surface area contributed by atoms with Crippen LogP contribution < -0.4 is 10.6 Å². The molecule has 0 unspecified atom stereocenters. The number of amides is 1. The third kappa shape index (κ3) is 4.02. The number of anilines is 1. The summed E-state index contributed by atoms with van der Waals surface area (Å²) in [6.07, 6.45) is 0. The van der Waals surface area contributed by atoms with Crippen molar-refractivity contribution in [1.82, 2.24) is 10.2 Å². The highest BCUT2D eigenvalue weighted by Gasteiger charge is 2.36. The van der Waals surface area contributed by atoms with Crippen LogP contribution in [0.1, 0.15) is 0 Å². The lowest BCUT2D eigenvalue weighted by Gasteiger charge is -2.16. The lowest BCUT2D eigenvalue weighted by atomic mass is 10.0. The first-order valence-electron chi connectivity index (χ1n) is 6.80. The van der Waals surface area contributed by atoms with Crippen LogP contribution in [-0.2, 0) is 4.79 Å². The van der Waals surface area contributed by atoms with Gasteiger partial charge < -0.3 is 10.6 Å². The van der Waals surface area contributed by atoms with Crippen molar-refractivity contribution in [2.24, 2.45) is 11.8 Å². The van der Waals surface area contributed by atoms with E-state index in [-0.39, 0.29) is 18.3 Å². The van der Waals surface area contributed by atoms with Gasteiger partial charge >= 0.3 is 0 Å². The minimum absolute atomic E-state index is 0. The molecule has 116 valence electrons. The normalized spacial score (nSPS) is 24.5. The molecule has 1 aromatic rings. The van der Waals surface area contributed by atoms with E-state index in [2.05, 4.69) is 15.5 Å². The highest BCUT2D eigenvalue weighted by molar-refractivity contribution is 6.35. The Bertz CT molecular complexity index is 514. The molecule has 2 aliphatic rings. The first-order valence-corrected chi connectivity index (χ1v) is 7.55. The molecule has 2 atom stereocenters. The molecule has 0 bridgehead atoms. The average molecular weight is 351 g/mol. The summed E-state index contributed by atoms with van der Waals surface area (Å²) in [6.45, 7) is 4.55. The van der Waals surface area contributed by atoms with E-state index in [1.807, 2.05) is 0 Å². The Hall–Kier alpha value is -0.520. The number of hydrogen-bond donors (Lipinski definition) is 2. The molecule has 0 saturated carbocycles. The minimum Gasteiger partial charge on any atom is -0.324 e. The Kier molecular flexibility index (Phi) is 5.74. The van der Waals surface area contributed by atoms with Crippen molar-refractivity contribution < 1.29 is 4.79 Å². The molecule has 4 nitrogen and oxygen atoms in total. The number of nitrogens with one attached hydrogen (secondary N) is 2. The topological polar surface area (TPSA) is 44.4 Å². The molecule has 0 aromatic heterocycles. The fourth-order valence-electron chi connectivity index (χ4n) is 3.07. The van der Waals surface area contributed by atoms with Crippen molar-refractivity contribution in [1.29, 1.82) is 0 Å². The Balaban J connectivity index is 0.00000161. The van der Waals surface area contributed by atoms with Crippen LogP contribution in [0, 0.1) is 11.8 Å². The van der Waals surface area contributed by atoms with Crippen LogP contribution in [0.25, 0.3) is 0 Å². The van der Waals surface area contributed by atoms with Crippen molar-refractivity contribution in [2.75, 3.05) is 38.0 Å². The van der Waals surface area contributed by atoms with E-state index in [0.29, 0.717) is 34.1 Å². The molecular formula is C14H18Cl3N3O. The lowest BCUT2D eigenvalue weighted by molar-refractivity contribution is -0.117. The first kappa shape index (κ1) is 16.8. The van der Waals surface area contributed by atoms with Gasteiger partial charge in [0.2, 0.25) is 5.91 Å². The van der Waals surface area contributed by atoms with Crippen LogP contribution in [0.15, 0.2) is 18.2 Å². The van der Waals surface area contributed by atoms with Gasteiger partial charge in [-0.05, 0) is 43.1 Å². The fourth-order valence-corrected chi connectivity index (χ4v) is 3.40. The fraction of sp³-hybridized carbons (Fsp3) is 0.500. The van der Waals surface area contributed by atoms with Crippen LogP contribution in [0.3, 0.4) is 0 Å². The zero-order chi connectivity index (χ0) is 14.1. The van der Waals surface area contributed by atoms with Gasteiger partial charge in [-0.25, -0.2) is 0 Å². The molecule has 3 rings (SSSR count). The van der Waals surface area contributed by atoms with Gasteiger partial charge in [0.1, 0.15) is 0 Å². The van der Waals surface area contributed by atoms with Gasteiger partial charge in [0, 0.05) is 18.1 Å². The Labute approximate surface area is 140 Å². The summed E-state index contributed by atoms with van der Waals surface area (Å²) in [7, 11) is 0. The monoisotopic (exact) mass is 349 g/mol. The number of fused-ring (bicyclic) bond motifs is 1. The number of carbonyl (C=O) groups excluding carboxylic acids is 1. The zero-order valence-corrected chi connectivity index (χ0v) is 13.8. The molecule has 0 spiro atoms. The van der Waals surface area contributed by atoms with Crippen molar-refractivity contribution in [3.05, 3.63) is 28.2 Å². The Morgan fingerprint density at radius 1 is 1.29 bits per heavy atom. The maximum absolute atomic E-state index is 12.1. The molecule has 1 aromatic carbocycles. The van der Waals surface area contributed by atoms with E-state index in [1.165, 1.54) is 0 Å². The summed E-state index contributed by atoms with van der Waals surface area (Å²) < 4.78 is 0. The van der Waals surface area contributed by atoms with Gasteiger partial charge in [-0.15, -0.1) is 12.4 Å². The zero-order valence-electron chi connectivity index (χ0n) is 11.4. The van der Waals surface area contributed by atoms with Gasteiger partial charge in [-0.3, -0.25) is 9.69 Å². The molecule has 2 aliphatic heterocycles.